The summed E-state index contributed by atoms with van der Waals surface area (Å²) in [5.41, 5.74) is 1.31. The zero-order valence-electron chi connectivity index (χ0n) is 18.1. The fraction of sp³-hybridized carbons (Fsp3) is 0.417. The number of carbonyl (C=O) groups is 2. The van der Waals surface area contributed by atoms with Gasteiger partial charge in [0.05, 0.1) is 17.6 Å². The molecule has 0 spiro atoms. The first-order valence-electron chi connectivity index (χ1n) is 10.9. The van der Waals surface area contributed by atoms with Crippen LogP contribution in [0.25, 0.3) is 0 Å². The summed E-state index contributed by atoms with van der Waals surface area (Å²) in [4.78, 5) is 24.7. The van der Waals surface area contributed by atoms with Gasteiger partial charge in [-0.15, -0.1) is 0 Å². The van der Waals surface area contributed by atoms with Gasteiger partial charge in [0.1, 0.15) is 0 Å². The van der Waals surface area contributed by atoms with Crippen LogP contribution < -0.4 is 5.32 Å². The summed E-state index contributed by atoms with van der Waals surface area (Å²) in [5.74, 6) is -0.922. The van der Waals surface area contributed by atoms with Gasteiger partial charge in [-0.05, 0) is 43.4 Å². The maximum absolute atomic E-state index is 13.1. The second kappa shape index (κ2) is 9.03. The predicted octanol–water partition coefficient (Wildman–Crippen LogP) is 2.72. The maximum Gasteiger partial charge on any atom is 0.339 e. The molecule has 7 nitrogen and oxygen atoms in total. The Morgan fingerprint density at radius 3 is 2.28 bits per heavy atom. The number of hydrogen-bond donors (Lipinski definition) is 1. The molecule has 2 aliphatic rings. The van der Waals surface area contributed by atoms with Gasteiger partial charge in [0.15, 0.2) is 0 Å². The highest BCUT2D eigenvalue weighted by Gasteiger charge is 2.44. The highest BCUT2D eigenvalue weighted by molar-refractivity contribution is 7.89. The van der Waals surface area contributed by atoms with E-state index in [1.807, 2.05) is 18.2 Å². The molecule has 1 amide bonds. The van der Waals surface area contributed by atoms with Gasteiger partial charge in [-0.3, -0.25) is 4.79 Å². The third-order valence-corrected chi connectivity index (χ3v) is 8.53. The largest absolute Gasteiger partial charge is 0.465 e. The van der Waals surface area contributed by atoms with Crippen molar-refractivity contribution in [1.29, 1.82) is 0 Å². The lowest BCUT2D eigenvalue weighted by Gasteiger charge is -2.31. The summed E-state index contributed by atoms with van der Waals surface area (Å²) in [6.45, 7) is 1.08. The topological polar surface area (TPSA) is 92.8 Å². The summed E-state index contributed by atoms with van der Waals surface area (Å²) < 4.78 is 32.4. The van der Waals surface area contributed by atoms with Gasteiger partial charge in [-0.1, -0.05) is 42.5 Å². The monoisotopic (exact) mass is 456 g/mol. The molecule has 0 radical (unpaired) electrons. The minimum atomic E-state index is -3.86. The fourth-order valence-corrected chi connectivity index (χ4v) is 6.03. The van der Waals surface area contributed by atoms with Crippen LogP contribution in [0.1, 0.15) is 41.6 Å². The average Bonchev–Trinajstić information content (AvgIpc) is 3.64. The van der Waals surface area contributed by atoms with Crippen LogP contribution in [0, 0.1) is 5.92 Å². The first kappa shape index (κ1) is 22.5. The lowest BCUT2D eigenvalue weighted by molar-refractivity contribution is -0.126. The van der Waals surface area contributed by atoms with E-state index in [-0.39, 0.29) is 40.8 Å². The van der Waals surface area contributed by atoms with Gasteiger partial charge in [0, 0.05) is 31.0 Å². The molecule has 1 saturated heterocycles. The molecule has 2 fully saturated rings. The van der Waals surface area contributed by atoms with Crippen molar-refractivity contribution in [2.45, 2.75) is 36.0 Å². The Morgan fingerprint density at radius 1 is 1.03 bits per heavy atom. The summed E-state index contributed by atoms with van der Waals surface area (Å²) in [6, 6.07) is 16.3. The fourth-order valence-electron chi connectivity index (χ4n) is 4.38. The first-order valence-corrected chi connectivity index (χ1v) is 12.3. The van der Waals surface area contributed by atoms with Crippen molar-refractivity contribution in [3.63, 3.8) is 0 Å². The van der Waals surface area contributed by atoms with Gasteiger partial charge < -0.3 is 10.1 Å². The Kier molecular flexibility index (Phi) is 6.35. The molecule has 1 aliphatic heterocycles. The predicted molar refractivity (Wildman–Crippen MR) is 120 cm³/mol. The van der Waals surface area contributed by atoms with E-state index >= 15 is 0 Å². The van der Waals surface area contributed by atoms with Crippen molar-refractivity contribution >= 4 is 21.9 Å². The smallest absolute Gasteiger partial charge is 0.339 e. The van der Waals surface area contributed by atoms with Crippen LogP contribution in [-0.2, 0) is 25.0 Å². The van der Waals surface area contributed by atoms with E-state index in [0.717, 1.165) is 12.8 Å². The average molecular weight is 457 g/mol. The number of ether oxygens (including phenoxy) is 1. The molecule has 8 heteroatoms. The highest BCUT2D eigenvalue weighted by Crippen LogP contribution is 2.47. The Balaban J connectivity index is 1.36. The van der Waals surface area contributed by atoms with Crippen molar-refractivity contribution in [1.82, 2.24) is 9.62 Å². The molecule has 2 aromatic rings. The van der Waals surface area contributed by atoms with Gasteiger partial charge in [-0.25, -0.2) is 13.2 Å². The Hall–Kier alpha value is -2.71. The van der Waals surface area contributed by atoms with E-state index in [1.54, 1.807) is 12.1 Å². The lowest BCUT2D eigenvalue weighted by atomic mass is 9.94. The number of nitrogens with zero attached hydrogens (tertiary/aromatic N) is 1. The highest BCUT2D eigenvalue weighted by atomic mass is 32.2. The number of benzene rings is 2. The molecule has 0 bridgehead atoms. The lowest BCUT2D eigenvalue weighted by Crippen LogP contribution is -2.44. The number of piperidine rings is 1. The molecule has 1 heterocycles. The van der Waals surface area contributed by atoms with Crippen molar-refractivity contribution < 1.29 is 22.7 Å². The number of hydrogen-bond acceptors (Lipinski definition) is 5. The van der Waals surface area contributed by atoms with Gasteiger partial charge in [0.2, 0.25) is 15.9 Å². The molecule has 0 atom stereocenters. The third-order valence-electron chi connectivity index (χ3n) is 6.58. The zero-order chi connectivity index (χ0) is 22.8. The third kappa shape index (κ3) is 4.42. The van der Waals surface area contributed by atoms with E-state index in [1.165, 1.54) is 29.1 Å². The standard InChI is InChI=1S/C24H28N2O5S/c1-31-23(28)20-9-5-6-10-21(20)32(29,30)26-15-11-18(12-16-26)22(27)25-17-24(13-14-24)19-7-3-2-4-8-19/h2-10,18H,11-17H2,1H3,(H,25,27). The van der Waals surface area contributed by atoms with Crippen LogP contribution in [0.4, 0.5) is 0 Å². The van der Waals surface area contributed by atoms with Gasteiger partial charge >= 0.3 is 5.97 Å². The minimum absolute atomic E-state index is 0.0146. The Labute approximate surface area is 188 Å². The normalized spacial score (nSPS) is 18.7. The van der Waals surface area contributed by atoms with E-state index < -0.39 is 16.0 Å². The second-order valence-corrected chi connectivity index (χ2v) is 10.4. The van der Waals surface area contributed by atoms with Crippen molar-refractivity contribution in [2.75, 3.05) is 26.7 Å². The van der Waals surface area contributed by atoms with E-state index in [4.69, 9.17) is 4.74 Å². The van der Waals surface area contributed by atoms with Gasteiger partial charge in [0.25, 0.3) is 0 Å². The van der Waals surface area contributed by atoms with E-state index in [9.17, 15) is 18.0 Å². The molecule has 1 aliphatic carbocycles. The quantitative estimate of drug-likeness (QED) is 0.647. The molecule has 0 aromatic heterocycles. The van der Waals surface area contributed by atoms with Crippen LogP contribution >= 0.6 is 0 Å². The molecule has 1 saturated carbocycles. The van der Waals surface area contributed by atoms with E-state index in [2.05, 4.69) is 17.4 Å². The maximum atomic E-state index is 13.1. The SMILES string of the molecule is COC(=O)c1ccccc1S(=O)(=O)N1CCC(C(=O)NCC2(c3ccccc3)CC2)CC1. The Bertz CT molecular complexity index is 1090. The number of methoxy groups -OCH3 is 1. The van der Waals surface area contributed by atoms with Crippen molar-refractivity contribution in [3.8, 4) is 0 Å². The molecule has 32 heavy (non-hydrogen) atoms. The summed E-state index contributed by atoms with van der Waals surface area (Å²) in [5, 5.41) is 3.10. The van der Waals surface area contributed by atoms with Crippen LogP contribution in [0.15, 0.2) is 59.5 Å². The molecule has 1 N–H and O–H groups in total. The molecular formula is C24H28N2O5S. The molecular weight excluding hydrogens is 428 g/mol. The number of sulfonamides is 1. The number of carbonyl (C=O) groups excluding carboxylic acids is 2. The number of esters is 1. The van der Waals surface area contributed by atoms with Crippen molar-refractivity contribution in [2.24, 2.45) is 5.92 Å². The molecule has 2 aromatic carbocycles. The van der Waals surface area contributed by atoms with Crippen LogP contribution in [0.3, 0.4) is 0 Å². The van der Waals surface area contributed by atoms with Crippen LogP contribution in [0.5, 0.6) is 0 Å². The zero-order valence-corrected chi connectivity index (χ0v) is 18.9. The van der Waals surface area contributed by atoms with Crippen LogP contribution in [-0.4, -0.2) is 51.3 Å². The van der Waals surface area contributed by atoms with E-state index in [0.29, 0.717) is 19.4 Å². The summed E-state index contributed by atoms with van der Waals surface area (Å²) >= 11 is 0. The molecule has 4 rings (SSSR count). The number of amides is 1. The van der Waals surface area contributed by atoms with Gasteiger partial charge in [-0.2, -0.15) is 4.31 Å². The van der Waals surface area contributed by atoms with Crippen LogP contribution in [0.2, 0.25) is 0 Å². The molecule has 0 unspecified atom stereocenters. The minimum Gasteiger partial charge on any atom is -0.465 e. The molecule has 170 valence electrons. The Morgan fingerprint density at radius 2 is 1.66 bits per heavy atom. The first-order chi connectivity index (χ1) is 15.4. The summed E-state index contributed by atoms with van der Waals surface area (Å²) in [7, 11) is -2.64. The van der Waals surface area contributed by atoms with Crippen molar-refractivity contribution in [3.05, 3.63) is 65.7 Å². The number of nitrogens with one attached hydrogen (secondary N) is 1. The second-order valence-electron chi connectivity index (χ2n) is 8.53. The number of rotatable bonds is 7. The summed E-state index contributed by atoms with van der Waals surface area (Å²) in [6.07, 6.45) is 3.02.